The van der Waals surface area contributed by atoms with Crippen molar-refractivity contribution < 1.29 is 10.2 Å². The van der Waals surface area contributed by atoms with Crippen molar-refractivity contribution in [3.63, 3.8) is 0 Å². The zero-order chi connectivity index (χ0) is 21.3. The third-order valence-corrected chi connectivity index (χ3v) is 6.35. The molecule has 29 heavy (non-hydrogen) atoms. The highest BCUT2D eigenvalue weighted by Crippen LogP contribution is 2.15. The van der Waals surface area contributed by atoms with E-state index in [1.807, 2.05) is 0 Å². The second-order valence-electron chi connectivity index (χ2n) is 9.38. The first-order valence-corrected chi connectivity index (χ1v) is 13.6. The fraction of sp³-hybridized carbons (Fsp3) is 1.00. The Hall–Kier alpha value is -0.0800. The third kappa shape index (κ3) is 25.9. The monoisotopic (exact) mass is 412 g/mol. The standard InChI is InChI=1S/C27H56O2/c1-2-3-4-5-6-7-8-9-10-11-12-13-14-15-16-17-18-19-20-21-22-23-24-27(29)25-26-28/h27-29H,2-26H2,1H3. The lowest BCUT2D eigenvalue weighted by atomic mass is 10.0. The van der Waals surface area contributed by atoms with Crippen LogP contribution in [0.3, 0.4) is 0 Å². The van der Waals surface area contributed by atoms with Gasteiger partial charge >= 0.3 is 0 Å². The second-order valence-corrected chi connectivity index (χ2v) is 9.38. The minimum absolute atomic E-state index is 0.112. The van der Waals surface area contributed by atoms with Gasteiger partial charge in [-0.25, -0.2) is 0 Å². The van der Waals surface area contributed by atoms with Crippen LogP contribution in [0.25, 0.3) is 0 Å². The van der Waals surface area contributed by atoms with Crippen molar-refractivity contribution in [1.82, 2.24) is 0 Å². The fourth-order valence-corrected chi connectivity index (χ4v) is 4.28. The molecular formula is C27H56O2. The Bertz CT molecular complexity index is 280. The molecule has 0 fully saturated rings. The van der Waals surface area contributed by atoms with Crippen LogP contribution in [-0.4, -0.2) is 22.9 Å². The molecule has 2 heteroatoms. The minimum atomic E-state index is -0.287. The summed E-state index contributed by atoms with van der Waals surface area (Å²) >= 11 is 0. The Kier molecular flexibility index (Phi) is 25.9. The molecule has 2 N–H and O–H groups in total. The van der Waals surface area contributed by atoms with Crippen LogP contribution in [-0.2, 0) is 0 Å². The van der Waals surface area contributed by atoms with E-state index in [1.54, 1.807) is 0 Å². The van der Waals surface area contributed by atoms with E-state index in [1.165, 1.54) is 135 Å². The minimum Gasteiger partial charge on any atom is -0.396 e. The van der Waals surface area contributed by atoms with E-state index >= 15 is 0 Å². The van der Waals surface area contributed by atoms with Crippen LogP contribution in [0.5, 0.6) is 0 Å². The molecule has 1 unspecified atom stereocenters. The lowest BCUT2D eigenvalue weighted by molar-refractivity contribution is 0.122. The summed E-state index contributed by atoms with van der Waals surface area (Å²) in [4.78, 5) is 0. The Morgan fingerprint density at radius 2 is 0.690 bits per heavy atom. The summed E-state index contributed by atoms with van der Waals surface area (Å²) < 4.78 is 0. The largest absolute Gasteiger partial charge is 0.396 e. The smallest absolute Gasteiger partial charge is 0.0562 e. The first-order chi connectivity index (χ1) is 14.3. The van der Waals surface area contributed by atoms with Crippen LogP contribution in [0, 0.1) is 0 Å². The topological polar surface area (TPSA) is 40.5 Å². The van der Waals surface area contributed by atoms with Crippen LogP contribution < -0.4 is 0 Å². The van der Waals surface area contributed by atoms with Crippen LogP contribution in [0.4, 0.5) is 0 Å². The first kappa shape index (κ1) is 28.9. The van der Waals surface area contributed by atoms with Crippen molar-refractivity contribution in [2.45, 2.75) is 167 Å². The summed E-state index contributed by atoms with van der Waals surface area (Å²) in [7, 11) is 0. The summed E-state index contributed by atoms with van der Waals surface area (Å²) in [5.74, 6) is 0. The highest BCUT2D eigenvalue weighted by molar-refractivity contribution is 4.56. The average molecular weight is 413 g/mol. The van der Waals surface area contributed by atoms with Gasteiger partial charge in [-0.1, -0.05) is 148 Å². The quantitative estimate of drug-likeness (QED) is 0.147. The Labute approximate surface area is 184 Å². The van der Waals surface area contributed by atoms with Crippen LogP contribution in [0.1, 0.15) is 161 Å². The molecule has 0 aromatic carbocycles. The summed E-state index contributed by atoms with van der Waals surface area (Å²) in [5, 5.41) is 18.3. The third-order valence-electron chi connectivity index (χ3n) is 6.35. The lowest BCUT2D eigenvalue weighted by Gasteiger charge is -2.08. The number of aliphatic hydroxyl groups excluding tert-OH is 2. The molecule has 0 spiro atoms. The van der Waals surface area contributed by atoms with Gasteiger partial charge in [0, 0.05) is 6.61 Å². The summed E-state index contributed by atoms with van der Waals surface area (Å²) in [5.41, 5.74) is 0. The van der Waals surface area contributed by atoms with Crippen molar-refractivity contribution in [3.05, 3.63) is 0 Å². The molecule has 0 heterocycles. The van der Waals surface area contributed by atoms with Gasteiger partial charge in [-0.2, -0.15) is 0 Å². The van der Waals surface area contributed by atoms with E-state index in [9.17, 15) is 5.11 Å². The number of unbranched alkanes of at least 4 members (excludes halogenated alkanes) is 21. The number of rotatable bonds is 25. The van der Waals surface area contributed by atoms with Crippen LogP contribution in [0.15, 0.2) is 0 Å². The molecule has 0 aromatic rings. The van der Waals surface area contributed by atoms with Crippen LogP contribution in [0.2, 0.25) is 0 Å². The van der Waals surface area contributed by atoms with Crippen molar-refractivity contribution in [3.8, 4) is 0 Å². The van der Waals surface area contributed by atoms with E-state index in [4.69, 9.17) is 5.11 Å². The van der Waals surface area contributed by atoms with Crippen molar-refractivity contribution in [2.75, 3.05) is 6.61 Å². The molecule has 0 aliphatic carbocycles. The van der Waals surface area contributed by atoms with Gasteiger partial charge < -0.3 is 10.2 Å². The molecule has 176 valence electrons. The summed E-state index contributed by atoms with van der Waals surface area (Å²) in [6, 6.07) is 0. The SMILES string of the molecule is CCCCCCCCCCCCCCCCCCCCCCCCC(O)CCO. The van der Waals surface area contributed by atoms with Gasteiger partial charge in [-0.3, -0.25) is 0 Å². The molecule has 0 aliphatic heterocycles. The van der Waals surface area contributed by atoms with Crippen molar-refractivity contribution in [2.24, 2.45) is 0 Å². The van der Waals surface area contributed by atoms with E-state index in [-0.39, 0.29) is 12.7 Å². The maximum absolute atomic E-state index is 9.55. The molecule has 0 amide bonds. The van der Waals surface area contributed by atoms with Crippen LogP contribution >= 0.6 is 0 Å². The molecule has 0 aromatic heterocycles. The number of aliphatic hydroxyl groups is 2. The van der Waals surface area contributed by atoms with Gasteiger partial charge in [0.2, 0.25) is 0 Å². The molecule has 2 nitrogen and oxygen atoms in total. The fourth-order valence-electron chi connectivity index (χ4n) is 4.28. The van der Waals surface area contributed by atoms with Gasteiger partial charge in [0.15, 0.2) is 0 Å². The molecule has 0 rings (SSSR count). The average Bonchev–Trinajstić information content (AvgIpc) is 2.72. The number of hydrogen-bond donors (Lipinski definition) is 2. The zero-order valence-corrected chi connectivity index (χ0v) is 20.1. The zero-order valence-electron chi connectivity index (χ0n) is 20.1. The highest BCUT2D eigenvalue weighted by atomic mass is 16.3. The molecule has 0 bridgehead atoms. The summed E-state index contributed by atoms with van der Waals surface area (Å²) in [6.45, 7) is 2.41. The van der Waals surface area contributed by atoms with E-state index in [0.29, 0.717) is 6.42 Å². The van der Waals surface area contributed by atoms with E-state index < -0.39 is 0 Å². The van der Waals surface area contributed by atoms with Gasteiger partial charge in [-0.15, -0.1) is 0 Å². The number of hydrogen-bond acceptors (Lipinski definition) is 2. The summed E-state index contributed by atoms with van der Waals surface area (Å²) in [6.07, 6.45) is 32.1. The normalized spacial score (nSPS) is 12.5. The van der Waals surface area contributed by atoms with E-state index in [2.05, 4.69) is 6.92 Å². The molecule has 0 aliphatic rings. The molecule has 0 saturated heterocycles. The Balaban J connectivity index is 3.02. The molecule has 1 atom stereocenters. The van der Waals surface area contributed by atoms with Gasteiger partial charge in [0.25, 0.3) is 0 Å². The second kappa shape index (κ2) is 26.0. The maximum atomic E-state index is 9.55. The van der Waals surface area contributed by atoms with E-state index in [0.717, 1.165) is 12.8 Å². The Morgan fingerprint density at radius 1 is 0.414 bits per heavy atom. The maximum Gasteiger partial charge on any atom is 0.0562 e. The highest BCUT2D eigenvalue weighted by Gasteiger charge is 2.02. The molecule has 0 saturated carbocycles. The molecule has 0 radical (unpaired) electrons. The van der Waals surface area contributed by atoms with Crippen molar-refractivity contribution >= 4 is 0 Å². The Morgan fingerprint density at radius 3 is 0.966 bits per heavy atom. The van der Waals surface area contributed by atoms with Gasteiger partial charge in [0.05, 0.1) is 6.10 Å². The molecular weight excluding hydrogens is 356 g/mol. The predicted molar refractivity (Wildman–Crippen MR) is 130 cm³/mol. The first-order valence-electron chi connectivity index (χ1n) is 13.6. The lowest BCUT2D eigenvalue weighted by Crippen LogP contribution is -2.08. The van der Waals surface area contributed by atoms with Gasteiger partial charge in [-0.05, 0) is 12.8 Å². The van der Waals surface area contributed by atoms with Gasteiger partial charge in [0.1, 0.15) is 0 Å². The van der Waals surface area contributed by atoms with Crippen molar-refractivity contribution in [1.29, 1.82) is 0 Å². The predicted octanol–water partition coefficient (Wildman–Crippen LogP) is 8.72.